The van der Waals surface area contributed by atoms with Gasteiger partial charge in [0.05, 0.1) is 31.8 Å². The molecule has 7 aliphatic rings. The van der Waals surface area contributed by atoms with Gasteiger partial charge in [-0.25, -0.2) is 9.97 Å². The van der Waals surface area contributed by atoms with E-state index in [4.69, 9.17) is 9.47 Å². The minimum Gasteiger partial charge on any atom is -0.481 e. The first-order chi connectivity index (χ1) is 16.4. The number of aromatic nitrogens is 2. The van der Waals surface area contributed by atoms with Gasteiger partial charge < -0.3 is 25.2 Å². The van der Waals surface area contributed by atoms with Crippen molar-refractivity contribution in [1.29, 1.82) is 0 Å². The van der Waals surface area contributed by atoms with Gasteiger partial charge in [0.25, 0.3) is 5.91 Å². The molecule has 3 N–H and O–H groups in total. The second kappa shape index (κ2) is 7.78. The average Bonchev–Trinajstić information content (AvgIpc) is 2.81. The Morgan fingerprint density at radius 3 is 2.53 bits per heavy atom. The predicted octanol–water partition coefficient (Wildman–Crippen LogP) is 1.67. The number of methoxy groups -OCH3 is 1. The van der Waals surface area contributed by atoms with Crippen LogP contribution in [0.4, 0.5) is 5.82 Å². The predicted molar refractivity (Wildman–Crippen MR) is 122 cm³/mol. The number of carboxylic acids is 1. The third-order valence-corrected chi connectivity index (χ3v) is 9.19. The molecule has 7 fully saturated rings. The van der Waals surface area contributed by atoms with Crippen LogP contribution < -0.4 is 15.4 Å². The van der Waals surface area contributed by atoms with Crippen LogP contribution >= 0.6 is 0 Å². The lowest BCUT2D eigenvalue weighted by atomic mass is 9.43. The topological polar surface area (TPSA) is 126 Å². The molecule has 184 valence electrons. The Kier molecular flexibility index (Phi) is 5.04. The molecule has 2 heterocycles. The molecule has 1 aromatic rings. The van der Waals surface area contributed by atoms with Crippen molar-refractivity contribution in [3.63, 3.8) is 0 Å². The maximum absolute atomic E-state index is 13.7. The highest BCUT2D eigenvalue weighted by Gasteiger charge is 2.70. The Hall–Kier alpha value is -2.46. The van der Waals surface area contributed by atoms with E-state index in [0.29, 0.717) is 31.0 Å². The zero-order valence-electron chi connectivity index (χ0n) is 19.6. The van der Waals surface area contributed by atoms with E-state index in [9.17, 15) is 14.7 Å². The summed E-state index contributed by atoms with van der Waals surface area (Å²) >= 11 is 0. The number of aliphatic carboxylic acids is 1. The molecule has 4 bridgehead atoms. The minimum atomic E-state index is -0.832. The second-order valence-electron chi connectivity index (χ2n) is 11.0. The van der Waals surface area contributed by atoms with Crippen molar-refractivity contribution in [1.82, 2.24) is 20.2 Å². The molecule has 8 rings (SSSR count). The molecule has 10 heteroatoms. The molecule has 0 radical (unpaired) electrons. The van der Waals surface area contributed by atoms with Gasteiger partial charge in [-0.2, -0.15) is 0 Å². The van der Waals surface area contributed by atoms with Crippen LogP contribution in [0.2, 0.25) is 0 Å². The van der Waals surface area contributed by atoms with Crippen LogP contribution in [0.5, 0.6) is 5.88 Å². The van der Waals surface area contributed by atoms with Crippen molar-refractivity contribution in [2.24, 2.45) is 11.8 Å². The van der Waals surface area contributed by atoms with E-state index in [1.54, 1.807) is 0 Å². The third-order valence-electron chi connectivity index (χ3n) is 9.19. The Morgan fingerprint density at radius 1 is 1.18 bits per heavy atom. The molecule has 0 aromatic carbocycles. The van der Waals surface area contributed by atoms with Gasteiger partial charge in [-0.15, -0.1) is 0 Å². The number of fused-ring (bicyclic) bond motifs is 3. The fraction of sp³-hybridized carbons (Fsp3) is 0.750. The van der Waals surface area contributed by atoms with E-state index in [1.807, 2.05) is 0 Å². The second-order valence-corrected chi connectivity index (χ2v) is 11.0. The van der Waals surface area contributed by atoms with Crippen molar-refractivity contribution < 1.29 is 24.2 Å². The van der Waals surface area contributed by atoms with Gasteiger partial charge in [0.2, 0.25) is 5.88 Å². The summed E-state index contributed by atoms with van der Waals surface area (Å²) in [5.74, 6) is -0.649. The fourth-order valence-electron chi connectivity index (χ4n) is 7.49. The average molecular weight is 472 g/mol. The van der Waals surface area contributed by atoms with Crippen LogP contribution in [0, 0.1) is 11.8 Å². The molecular weight excluding hydrogens is 438 g/mol. The summed E-state index contributed by atoms with van der Waals surface area (Å²) < 4.78 is 11.0. The molecule has 6 aliphatic carbocycles. The van der Waals surface area contributed by atoms with E-state index in [-0.39, 0.29) is 28.4 Å². The summed E-state index contributed by atoms with van der Waals surface area (Å²) in [5, 5.41) is 16.6. The summed E-state index contributed by atoms with van der Waals surface area (Å²) in [6.45, 7) is 3.52. The molecule has 1 saturated heterocycles. The van der Waals surface area contributed by atoms with E-state index in [1.165, 1.54) is 13.4 Å². The minimum absolute atomic E-state index is 0.0719. The maximum atomic E-state index is 13.7. The van der Waals surface area contributed by atoms with Gasteiger partial charge in [0.1, 0.15) is 17.7 Å². The van der Waals surface area contributed by atoms with Crippen LogP contribution in [-0.4, -0.2) is 81.9 Å². The number of carbonyl (C=O) groups excluding carboxylic acids is 1. The van der Waals surface area contributed by atoms with Crippen LogP contribution in [0.15, 0.2) is 6.33 Å². The first-order valence-electron chi connectivity index (χ1n) is 12.4. The number of nitrogens with zero attached hydrogens (tertiary/aromatic N) is 3. The van der Waals surface area contributed by atoms with Crippen LogP contribution in [-0.2, 0) is 9.53 Å². The lowest BCUT2D eigenvalue weighted by molar-refractivity contribution is -0.172. The number of carboxylic acid groups (broad SMARTS) is 1. The van der Waals surface area contributed by atoms with Crippen LogP contribution in [0.1, 0.15) is 61.7 Å². The highest BCUT2D eigenvalue weighted by molar-refractivity contribution is 6.01. The van der Waals surface area contributed by atoms with E-state index >= 15 is 0 Å². The SMILES string of the molecule is COc1ncnc(NC23CC(N4CCOCC4)(C2)C3)c1C(=O)NC12CCC(CC1)CC2C(=O)O. The summed E-state index contributed by atoms with van der Waals surface area (Å²) in [7, 11) is 1.49. The number of ether oxygens (including phenoxy) is 2. The first-order valence-corrected chi connectivity index (χ1v) is 12.4. The number of morpholine rings is 1. The molecule has 10 nitrogen and oxygen atoms in total. The Bertz CT molecular complexity index is 982. The Morgan fingerprint density at radius 2 is 1.88 bits per heavy atom. The lowest BCUT2D eigenvalue weighted by Crippen LogP contribution is -2.82. The number of rotatable bonds is 7. The number of anilines is 1. The first kappa shape index (κ1) is 22.0. The number of nitrogens with one attached hydrogen (secondary N) is 2. The van der Waals surface area contributed by atoms with Gasteiger partial charge in [0, 0.05) is 24.2 Å². The van der Waals surface area contributed by atoms with Crippen molar-refractivity contribution in [3.8, 4) is 5.88 Å². The third kappa shape index (κ3) is 3.29. The van der Waals surface area contributed by atoms with Crippen molar-refractivity contribution in [2.75, 3.05) is 38.7 Å². The normalized spacial score (nSPS) is 38.4. The Balaban J connectivity index is 1.22. The summed E-state index contributed by atoms with van der Waals surface area (Å²) in [5.41, 5.74) is -0.296. The summed E-state index contributed by atoms with van der Waals surface area (Å²) in [6.07, 6.45) is 8.34. The molecule has 1 aliphatic heterocycles. The molecule has 6 saturated carbocycles. The number of hydrogen-bond acceptors (Lipinski definition) is 8. The number of carbonyl (C=O) groups is 2. The number of amides is 1. The Labute approximate surface area is 198 Å². The van der Waals surface area contributed by atoms with E-state index < -0.39 is 17.4 Å². The van der Waals surface area contributed by atoms with Gasteiger partial charge in [-0.1, -0.05) is 0 Å². The van der Waals surface area contributed by atoms with Crippen LogP contribution in [0.25, 0.3) is 0 Å². The van der Waals surface area contributed by atoms with Gasteiger partial charge in [-0.05, 0) is 57.3 Å². The quantitative estimate of drug-likeness (QED) is 0.544. The van der Waals surface area contributed by atoms with Gasteiger partial charge in [0.15, 0.2) is 0 Å². The monoisotopic (exact) mass is 471 g/mol. The molecule has 0 spiro atoms. The molecule has 1 unspecified atom stereocenters. The highest BCUT2D eigenvalue weighted by Crippen LogP contribution is 2.65. The van der Waals surface area contributed by atoms with Gasteiger partial charge in [-0.3, -0.25) is 14.5 Å². The largest absolute Gasteiger partial charge is 0.481 e. The molecular formula is C24H33N5O5. The molecule has 1 aromatic heterocycles. The fourth-order valence-corrected chi connectivity index (χ4v) is 7.49. The lowest BCUT2D eigenvalue weighted by Gasteiger charge is -2.74. The maximum Gasteiger partial charge on any atom is 0.308 e. The molecule has 1 amide bonds. The highest BCUT2D eigenvalue weighted by atomic mass is 16.5. The van der Waals surface area contributed by atoms with Gasteiger partial charge >= 0.3 is 5.97 Å². The molecule has 1 atom stereocenters. The molecule has 34 heavy (non-hydrogen) atoms. The smallest absolute Gasteiger partial charge is 0.308 e. The summed E-state index contributed by atoms with van der Waals surface area (Å²) in [4.78, 5) is 36.8. The van der Waals surface area contributed by atoms with E-state index in [2.05, 4.69) is 25.5 Å². The zero-order valence-corrected chi connectivity index (χ0v) is 19.6. The summed E-state index contributed by atoms with van der Waals surface area (Å²) in [6, 6.07) is 0. The number of hydrogen-bond donors (Lipinski definition) is 3. The van der Waals surface area contributed by atoms with Crippen molar-refractivity contribution in [3.05, 3.63) is 11.9 Å². The van der Waals surface area contributed by atoms with Crippen LogP contribution in [0.3, 0.4) is 0 Å². The standard InChI is InChI=1S/C24H33N5O5/c1-33-20-17(19(30)28-24-4-2-15(3-5-24)10-16(24)21(31)32)18(25-14-26-20)27-22-11-23(12-22,13-22)29-6-8-34-9-7-29/h14-16H,2-13H2,1H3,(H,28,30)(H,31,32)(H,25,26,27). The van der Waals surface area contributed by atoms with Crippen molar-refractivity contribution >= 4 is 17.7 Å². The van der Waals surface area contributed by atoms with Crippen molar-refractivity contribution in [2.45, 2.75) is 68.0 Å². The van der Waals surface area contributed by atoms with E-state index in [0.717, 1.165) is 58.4 Å². The zero-order chi connectivity index (χ0) is 23.6.